The third-order valence-corrected chi connectivity index (χ3v) is 11.7. The summed E-state index contributed by atoms with van der Waals surface area (Å²) in [6.07, 6.45) is 4.29. The lowest BCUT2D eigenvalue weighted by atomic mass is 10.0. The molecule has 1 aliphatic rings. The van der Waals surface area contributed by atoms with Gasteiger partial charge in [0, 0.05) is 65.5 Å². The molecule has 0 radical (unpaired) electrons. The number of carbonyl (C=O) groups excluding carboxylic acids is 1. The first-order valence-electron chi connectivity index (χ1n) is 13.4. The SMILES string of the molecule is CNc1cc(-n2ccn(/C(Nc3cc(C)c(F)c(C)c3)=C3\CN(C=O)CCC3=N)c2=O)ccc1P(C)(=O)C(C)(C)C. The van der Waals surface area contributed by atoms with E-state index in [1.54, 1.807) is 75.2 Å². The number of hydrogen-bond donors (Lipinski definition) is 3. The molecule has 1 aromatic heterocycles. The third-order valence-electron chi connectivity index (χ3n) is 7.79. The first-order valence-corrected chi connectivity index (χ1v) is 15.6. The fraction of sp³-hybridized carbons (Fsp3) is 0.367. The first kappa shape index (κ1) is 30.1. The van der Waals surface area contributed by atoms with Crippen LogP contribution in [0.1, 0.15) is 38.3 Å². The highest BCUT2D eigenvalue weighted by Crippen LogP contribution is 2.54. The lowest BCUT2D eigenvalue weighted by Gasteiger charge is -2.30. The predicted molar refractivity (Wildman–Crippen MR) is 165 cm³/mol. The van der Waals surface area contributed by atoms with E-state index in [1.807, 2.05) is 20.8 Å². The van der Waals surface area contributed by atoms with E-state index < -0.39 is 18.0 Å². The van der Waals surface area contributed by atoms with Crippen molar-refractivity contribution in [3.63, 3.8) is 0 Å². The number of carbonyl (C=O) groups is 1. The van der Waals surface area contributed by atoms with Crippen molar-refractivity contribution in [3.05, 3.63) is 75.7 Å². The quantitative estimate of drug-likeness (QED) is 0.269. The molecule has 3 N–H and O–H groups in total. The van der Waals surface area contributed by atoms with E-state index in [0.717, 1.165) is 6.41 Å². The smallest absolute Gasteiger partial charge is 0.338 e. The number of hydrogen-bond acceptors (Lipinski definition) is 6. The van der Waals surface area contributed by atoms with E-state index in [4.69, 9.17) is 5.41 Å². The Balaban J connectivity index is 1.86. The van der Waals surface area contributed by atoms with E-state index in [1.165, 1.54) is 9.13 Å². The Morgan fingerprint density at radius 2 is 1.78 bits per heavy atom. The molecule has 0 aliphatic carbocycles. The first-order chi connectivity index (χ1) is 19.2. The topological polar surface area (TPSA) is 112 Å². The summed E-state index contributed by atoms with van der Waals surface area (Å²) >= 11 is 0. The molecule has 0 bridgehead atoms. The molecule has 4 rings (SSSR count). The maximum atomic E-state index is 14.4. The molecule has 1 atom stereocenters. The number of aryl methyl sites for hydroxylation is 2. The van der Waals surface area contributed by atoms with Gasteiger partial charge in [-0.2, -0.15) is 0 Å². The molecule has 2 heterocycles. The van der Waals surface area contributed by atoms with Gasteiger partial charge in [0.2, 0.25) is 6.41 Å². The van der Waals surface area contributed by atoms with Crippen molar-refractivity contribution in [2.24, 2.45) is 0 Å². The normalized spacial score (nSPS) is 16.8. The highest BCUT2D eigenvalue weighted by atomic mass is 31.2. The Labute approximate surface area is 239 Å². The van der Waals surface area contributed by atoms with Crippen LogP contribution in [0.5, 0.6) is 0 Å². The van der Waals surface area contributed by atoms with Crippen LogP contribution in [0.4, 0.5) is 15.8 Å². The molecule has 218 valence electrons. The minimum Gasteiger partial charge on any atom is -0.387 e. The van der Waals surface area contributed by atoms with Gasteiger partial charge in [0.05, 0.1) is 12.2 Å². The summed E-state index contributed by atoms with van der Waals surface area (Å²) in [7, 11) is -1.00. The monoisotopic (exact) mass is 580 g/mol. The molecule has 1 aliphatic heterocycles. The molecule has 2 aromatic carbocycles. The van der Waals surface area contributed by atoms with Crippen LogP contribution in [0.25, 0.3) is 11.5 Å². The summed E-state index contributed by atoms with van der Waals surface area (Å²) in [6.45, 7) is 11.5. The van der Waals surface area contributed by atoms with Gasteiger partial charge in [-0.25, -0.2) is 9.18 Å². The second-order valence-corrected chi connectivity index (χ2v) is 15.2. The molecule has 3 aromatic rings. The molecule has 1 saturated heterocycles. The average Bonchev–Trinajstić information content (AvgIpc) is 3.30. The Hall–Kier alpha value is -3.91. The lowest BCUT2D eigenvalue weighted by Crippen LogP contribution is -2.37. The van der Waals surface area contributed by atoms with E-state index in [0.29, 0.717) is 63.6 Å². The van der Waals surface area contributed by atoms with Gasteiger partial charge in [0.15, 0.2) is 0 Å². The van der Waals surface area contributed by atoms with Gasteiger partial charge < -0.3 is 25.5 Å². The number of aromatic nitrogens is 2. The average molecular weight is 581 g/mol. The van der Waals surface area contributed by atoms with Crippen molar-refractivity contribution >= 4 is 41.8 Å². The van der Waals surface area contributed by atoms with Crippen LogP contribution in [-0.2, 0) is 9.36 Å². The number of nitrogens with zero attached hydrogens (tertiary/aromatic N) is 3. The van der Waals surface area contributed by atoms with Crippen LogP contribution in [-0.4, -0.2) is 58.1 Å². The third kappa shape index (κ3) is 5.66. The van der Waals surface area contributed by atoms with Crippen molar-refractivity contribution in [1.29, 1.82) is 5.41 Å². The maximum absolute atomic E-state index is 14.4. The molecule has 0 saturated carbocycles. The zero-order valence-electron chi connectivity index (χ0n) is 24.6. The summed E-state index contributed by atoms with van der Waals surface area (Å²) in [5.74, 6) is 0.0180. The number of piperidine rings is 1. The van der Waals surface area contributed by atoms with Gasteiger partial charge in [-0.1, -0.05) is 20.8 Å². The molecule has 9 nitrogen and oxygen atoms in total. The fourth-order valence-electron chi connectivity index (χ4n) is 4.88. The molecule has 11 heteroatoms. The van der Waals surface area contributed by atoms with E-state index in [2.05, 4.69) is 10.6 Å². The summed E-state index contributed by atoms with van der Waals surface area (Å²) < 4.78 is 31.0. The summed E-state index contributed by atoms with van der Waals surface area (Å²) in [5.41, 5.74) is 3.08. The van der Waals surface area contributed by atoms with Gasteiger partial charge in [-0.3, -0.25) is 13.9 Å². The predicted octanol–water partition coefficient (Wildman–Crippen LogP) is 5.02. The molecule has 41 heavy (non-hydrogen) atoms. The maximum Gasteiger partial charge on any atom is 0.338 e. The van der Waals surface area contributed by atoms with Crippen LogP contribution in [0.3, 0.4) is 0 Å². The largest absolute Gasteiger partial charge is 0.387 e. The van der Waals surface area contributed by atoms with E-state index in [9.17, 15) is 18.5 Å². The Kier molecular flexibility index (Phi) is 8.18. The molecular formula is C30H38FN6O3P. The van der Waals surface area contributed by atoms with Gasteiger partial charge >= 0.3 is 5.69 Å². The molecule has 1 amide bonds. The summed E-state index contributed by atoms with van der Waals surface area (Å²) in [5, 5.41) is 15.3. The standard InChI is InChI=1S/C30H38FN6O3P/c1-19-14-21(15-20(2)27(19)31)34-28(23-17-35(18-38)11-10-24(23)32)37-13-12-36(29(37)39)22-8-9-26(25(16-22)33-6)41(7,40)30(3,4)5/h8-9,12-16,18,32-34H,10-11,17H2,1-7H3/b28-23+,32-24?. The van der Waals surface area contributed by atoms with E-state index in [-0.39, 0.29) is 12.4 Å². The second-order valence-electron chi connectivity index (χ2n) is 11.5. The molecule has 0 spiro atoms. The zero-order valence-corrected chi connectivity index (χ0v) is 25.5. The van der Waals surface area contributed by atoms with Crippen molar-refractivity contribution in [1.82, 2.24) is 14.0 Å². The number of amides is 1. The lowest BCUT2D eigenvalue weighted by molar-refractivity contribution is -0.117. The van der Waals surface area contributed by atoms with Crippen molar-refractivity contribution in [2.75, 3.05) is 37.4 Å². The van der Waals surface area contributed by atoms with E-state index >= 15 is 0 Å². The van der Waals surface area contributed by atoms with Gasteiger partial charge in [-0.05, 0) is 62.0 Å². The van der Waals surface area contributed by atoms with Gasteiger partial charge in [0.1, 0.15) is 18.8 Å². The molecule has 1 unspecified atom stereocenters. The van der Waals surface area contributed by atoms with Crippen LogP contribution in [0, 0.1) is 25.1 Å². The van der Waals surface area contributed by atoms with Crippen LogP contribution >= 0.6 is 7.14 Å². The number of imidazole rings is 1. The van der Waals surface area contributed by atoms with Crippen molar-refractivity contribution in [2.45, 2.75) is 46.2 Å². The fourth-order valence-corrected chi connectivity index (χ4v) is 6.60. The summed E-state index contributed by atoms with van der Waals surface area (Å²) in [6, 6.07) is 8.66. The Morgan fingerprint density at radius 3 is 2.37 bits per heavy atom. The van der Waals surface area contributed by atoms with Gasteiger partial charge in [-0.15, -0.1) is 0 Å². The van der Waals surface area contributed by atoms with Crippen molar-refractivity contribution in [3.8, 4) is 5.69 Å². The number of nitrogens with one attached hydrogen (secondary N) is 3. The minimum absolute atomic E-state index is 0.151. The number of likely N-dealkylation sites (tertiary alicyclic amines) is 1. The number of halogens is 1. The number of anilines is 2. The van der Waals surface area contributed by atoms with Gasteiger partial charge in [0.25, 0.3) is 0 Å². The number of rotatable bonds is 7. The van der Waals surface area contributed by atoms with Crippen LogP contribution in [0.2, 0.25) is 0 Å². The highest BCUT2D eigenvalue weighted by molar-refractivity contribution is 7.72. The molecule has 1 fully saturated rings. The molecular weight excluding hydrogens is 542 g/mol. The number of benzene rings is 2. The Bertz CT molecular complexity index is 1640. The summed E-state index contributed by atoms with van der Waals surface area (Å²) in [4.78, 5) is 27.0. The van der Waals surface area contributed by atoms with Crippen LogP contribution < -0.4 is 21.6 Å². The van der Waals surface area contributed by atoms with Crippen LogP contribution in [0.15, 0.2) is 53.1 Å². The zero-order chi connectivity index (χ0) is 30.3. The minimum atomic E-state index is -2.76. The van der Waals surface area contributed by atoms with Crippen molar-refractivity contribution < 1.29 is 13.8 Å². The second kappa shape index (κ2) is 11.2. The Morgan fingerprint density at radius 1 is 1.12 bits per heavy atom. The highest BCUT2D eigenvalue weighted by Gasteiger charge is 2.35.